The molecule has 106 valence electrons. The summed E-state index contributed by atoms with van der Waals surface area (Å²) in [6, 6.07) is 3.38. The summed E-state index contributed by atoms with van der Waals surface area (Å²) in [7, 11) is 0. The molecule has 0 aliphatic rings. The van der Waals surface area contributed by atoms with Crippen LogP contribution in [-0.4, -0.2) is 22.5 Å². The van der Waals surface area contributed by atoms with E-state index in [4.69, 9.17) is 0 Å². The Balaban J connectivity index is 2.80. The lowest BCUT2D eigenvalue weighted by molar-refractivity contribution is -0.386. The second kappa shape index (κ2) is 7.84. The molecule has 0 saturated carbocycles. The molecule has 0 radical (unpaired) electrons. The largest absolute Gasteiger partial charge is 0.314 e. The van der Waals surface area contributed by atoms with Crippen LogP contribution in [0.15, 0.2) is 18.3 Å². The zero-order valence-corrected chi connectivity index (χ0v) is 11.9. The van der Waals surface area contributed by atoms with Crippen molar-refractivity contribution in [2.24, 2.45) is 5.92 Å². The number of pyridine rings is 1. The van der Waals surface area contributed by atoms with Gasteiger partial charge < -0.3 is 5.32 Å². The minimum Gasteiger partial charge on any atom is -0.314 e. The van der Waals surface area contributed by atoms with Gasteiger partial charge in [-0.05, 0) is 31.4 Å². The molecule has 0 aliphatic carbocycles. The predicted octanol–water partition coefficient (Wildman–Crippen LogP) is 2.95. The quantitative estimate of drug-likeness (QED) is 0.579. The fourth-order valence-corrected chi connectivity index (χ4v) is 2.14. The van der Waals surface area contributed by atoms with Crippen LogP contribution < -0.4 is 5.32 Å². The molecule has 1 N–H and O–H groups in total. The lowest BCUT2D eigenvalue weighted by Gasteiger charge is -2.20. The van der Waals surface area contributed by atoms with Gasteiger partial charge in [-0.3, -0.25) is 15.1 Å². The minimum atomic E-state index is -0.353. The summed E-state index contributed by atoms with van der Waals surface area (Å²) in [6.45, 7) is 7.36. The van der Waals surface area contributed by atoms with Gasteiger partial charge in [-0.1, -0.05) is 20.8 Å². The lowest BCUT2D eigenvalue weighted by atomic mass is 9.99. The van der Waals surface area contributed by atoms with Crippen molar-refractivity contribution in [3.63, 3.8) is 0 Å². The van der Waals surface area contributed by atoms with Gasteiger partial charge in [0.1, 0.15) is 5.69 Å². The molecule has 0 saturated heterocycles. The van der Waals surface area contributed by atoms with E-state index >= 15 is 0 Å². The van der Waals surface area contributed by atoms with Gasteiger partial charge in [0.2, 0.25) is 0 Å². The van der Waals surface area contributed by atoms with Gasteiger partial charge in [0, 0.05) is 24.7 Å². The minimum absolute atomic E-state index is 0.120. The Kier molecular flexibility index (Phi) is 6.42. The second-order valence-corrected chi connectivity index (χ2v) is 5.21. The van der Waals surface area contributed by atoms with E-state index in [2.05, 4.69) is 31.1 Å². The highest BCUT2D eigenvalue weighted by Crippen LogP contribution is 2.19. The molecule has 1 atom stereocenters. The summed E-state index contributed by atoms with van der Waals surface area (Å²) in [4.78, 5) is 14.8. The van der Waals surface area contributed by atoms with Crippen LogP contribution in [0.25, 0.3) is 0 Å². The second-order valence-electron chi connectivity index (χ2n) is 5.21. The van der Waals surface area contributed by atoms with E-state index in [0.717, 1.165) is 19.4 Å². The third kappa shape index (κ3) is 5.34. The van der Waals surface area contributed by atoms with Crippen molar-refractivity contribution in [2.45, 2.75) is 46.1 Å². The monoisotopic (exact) mass is 265 g/mol. The third-order valence-electron chi connectivity index (χ3n) is 2.94. The van der Waals surface area contributed by atoms with Crippen molar-refractivity contribution >= 4 is 5.69 Å². The summed E-state index contributed by atoms with van der Waals surface area (Å²) in [6.07, 6.45) is 4.27. The van der Waals surface area contributed by atoms with Crippen molar-refractivity contribution < 1.29 is 4.92 Å². The van der Waals surface area contributed by atoms with Gasteiger partial charge in [-0.15, -0.1) is 0 Å². The zero-order valence-electron chi connectivity index (χ0n) is 11.9. The van der Waals surface area contributed by atoms with E-state index in [-0.39, 0.29) is 16.7 Å². The third-order valence-corrected chi connectivity index (χ3v) is 2.94. The van der Waals surface area contributed by atoms with Crippen LogP contribution in [0.5, 0.6) is 0 Å². The van der Waals surface area contributed by atoms with Crippen molar-refractivity contribution in [1.82, 2.24) is 10.3 Å². The Bertz CT molecular complexity index is 407. The average molecular weight is 265 g/mol. The molecule has 1 heterocycles. The molecule has 0 aliphatic heterocycles. The van der Waals surface area contributed by atoms with Gasteiger partial charge in [0.25, 0.3) is 5.69 Å². The molecular weight excluding hydrogens is 242 g/mol. The van der Waals surface area contributed by atoms with Crippen LogP contribution in [0.3, 0.4) is 0 Å². The number of nitro groups is 1. The fraction of sp³-hybridized carbons (Fsp3) is 0.643. The van der Waals surface area contributed by atoms with E-state index in [0.29, 0.717) is 18.0 Å². The molecule has 1 aromatic heterocycles. The van der Waals surface area contributed by atoms with Gasteiger partial charge in [0.05, 0.1) is 4.92 Å². The number of nitrogens with zero attached hydrogens (tertiary/aromatic N) is 2. The van der Waals surface area contributed by atoms with Crippen molar-refractivity contribution in [2.75, 3.05) is 6.54 Å². The maximum atomic E-state index is 11.0. The first kappa shape index (κ1) is 15.6. The Hall–Kier alpha value is -1.49. The van der Waals surface area contributed by atoms with Crippen molar-refractivity contribution in [1.29, 1.82) is 0 Å². The zero-order chi connectivity index (χ0) is 14.3. The normalized spacial score (nSPS) is 12.6. The maximum Gasteiger partial charge on any atom is 0.290 e. The van der Waals surface area contributed by atoms with Gasteiger partial charge in [0.15, 0.2) is 0 Å². The molecule has 0 spiro atoms. The molecule has 1 unspecified atom stereocenters. The SMILES string of the molecule is CCCNC(Cc1ncccc1[N+](=O)[O-])CC(C)C. The van der Waals surface area contributed by atoms with Crippen LogP contribution in [0.4, 0.5) is 5.69 Å². The maximum absolute atomic E-state index is 11.0. The molecule has 0 amide bonds. The molecule has 19 heavy (non-hydrogen) atoms. The average Bonchev–Trinajstić information content (AvgIpc) is 2.35. The van der Waals surface area contributed by atoms with E-state index in [1.165, 1.54) is 6.07 Å². The molecule has 0 aromatic carbocycles. The number of rotatable bonds is 8. The Morgan fingerprint density at radius 1 is 1.47 bits per heavy atom. The van der Waals surface area contributed by atoms with E-state index in [1.807, 2.05) is 0 Å². The molecule has 0 bridgehead atoms. The number of hydrogen-bond donors (Lipinski definition) is 1. The molecule has 5 heteroatoms. The predicted molar refractivity (Wildman–Crippen MR) is 76.1 cm³/mol. The molecule has 5 nitrogen and oxygen atoms in total. The van der Waals surface area contributed by atoms with Crippen LogP contribution in [0.1, 0.15) is 39.3 Å². The number of nitrogens with one attached hydrogen (secondary N) is 1. The van der Waals surface area contributed by atoms with Crippen molar-refractivity contribution in [3.8, 4) is 0 Å². The Morgan fingerprint density at radius 2 is 2.21 bits per heavy atom. The van der Waals surface area contributed by atoms with E-state index in [1.54, 1.807) is 12.3 Å². The van der Waals surface area contributed by atoms with Crippen LogP contribution in [0.2, 0.25) is 0 Å². The van der Waals surface area contributed by atoms with Crippen molar-refractivity contribution in [3.05, 3.63) is 34.1 Å². The lowest BCUT2D eigenvalue weighted by Crippen LogP contribution is -2.33. The molecular formula is C14H23N3O2. The molecule has 1 rings (SSSR count). The van der Waals surface area contributed by atoms with Gasteiger partial charge >= 0.3 is 0 Å². The van der Waals surface area contributed by atoms with Crippen LogP contribution in [0, 0.1) is 16.0 Å². The summed E-state index contributed by atoms with van der Waals surface area (Å²) < 4.78 is 0. The first-order valence-corrected chi connectivity index (χ1v) is 6.86. The smallest absolute Gasteiger partial charge is 0.290 e. The highest BCUT2D eigenvalue weighted by molar-refractivity contribution is 5.34. The summed E-state index contributed by atoms with van der Waals surface area (Å²) in [5, 5.41) is 14.4. The highest BCUT2D eigenvalue weighted by Gasteiger charge is 2.19. The van der Waals surface area contributed by atoms with Crippen LogP contribution >= 0.6 is 0 Å². The molecule has 0 fully saturated rings. The Morgan fingerprint density at radius 3 is 2.79 bits per heavy atom. The highest BCUT2D eigenvalue weighted by atomic mass is 16.6. The fourth-order valence-electron chi connectivity index (χ4n) is 2.14. The summed E-state index contributed by atoms with van der Waals surface area (Å²) >= 11 is 0. The van der Waals surface area contributed by atoms with Crippen LogP contribution in [-0.2, 0) is 6.42 Å². The summed E-state index contributed by atoms with van der Waals surface area (Å²) in [5.74, 6) is 0.553. The summed E-state index contributed by atoms with van der Waals surface area (Å²) in [5.41, 5.74) is 0.691. The standard InChI is InChI=1S/C14H23N3O2/c1-4-7-15-12(9-11(2)3)10-13-14(17(18)19)6-5-8-16-13/h5-6,8,11-12,15H,4,7,9-10H2,1-3H3. The van der Waals surface area contributed by atoms with Gasteiger partial charge in [-0.2, -0.15) is 0 Å². The Labute approximate surface area is 114 Å². The number of hydrogen-bond acceptors (Lipinski definition) is 4. The van der Waals surface area contributed by atoms with Gasteiger partial charge in [-0.25, -0.2) is 0 Å². The number of aromatic nitrogens is 1. The van der Waals surface area contributed by atoms with E-state index < -0.39 is 0 Å². The van der Waals surface area contributed by atoms with E-state index in [9.17, 15) is 10.1 Å². The first-order chi connectivity index (χ1) is 9.04. The first-order valence-electron chi connectivity index (χ1n) is 6.86. The molecule has 1 aromatic rings. The topological polar surface area (TPSA) is 68.1 Å².